The lowest BCUT2D eigenvalue weighted by molar-refractivity contribution is -0.176. The van der Waals surface area contributed by atoms with Crippen molar-refractivity contribution in [3.8, 4) is 0 Å². The second-order valence-corrected chi connectivity index (χ2v) is 4.07. The zero-order valence-electron chi connectivity index (χ0n) is 9.71. The van der Waals surface area contributed by atoms with Crippen molar-refractivity contribution in [3.63, 3.8) is 0 Å². The summed E-state index contributed by atoms with van der Waals surface area (Å²) >= 11 is 0. The van der Waals surface area contributed by atoms with E-state index in [1.807, 2.05) is 0 Å². The fourth-order valence-electron chi connectivity index (χ4n) is 1.55. The first-order chi connectivity index (χ1) is 8.40. The lowest BCUT2D eigenvalue weighted by Gasteiger charge is -2.16. The standard InChI is InChI=1S/C12H15F4NO/c13-11-3-1-2-9(5-11)4-10(6-17)7-18-8-12(14,15)16/h1-3,5,10H,4,6-8,17H2. The topological polar surface area (TPSA) is 35.2 Å². The van der Waals surface area contributed by atoms with Crippen molar-refractivity contribution in [2.75, 3.05) is 19.8 Å². The van der Waals surface area contributed by atoms with Crippen molar-refractivity contribution in [2.45, 2.75) is 12.6 Å². The van der Waals surface area contributed by atoms with Crippen LogP contribution in [-0.4, -0.2) is 25.9 Å². The minimum absolute atomic E-state index is 0.0908. The monoisotopic (exact) mass is 265 g/mol. The largest absolute Gasteiger partial charge is 0.411 e. The van der Waals surface area contributed by atoms with Gasteiger partial charge in [0.25, 0.3) is 0 Å². The van der Waals surface area contributed by atoms with Gasteiger partial charge in [0, 0.05) is 0 Å². The third-order valence-corrected chi connectivity index (χ3v) is 2.37. The van der Waals surface area contributed by atoms with Crippen LogP contribution in [0, 0.1) is 11.7 Å². The van der Waals surface area contributed by atoms with Crippen molar-refractivity contribution in [1.82, 2.24) is 0 Å². The van der Waals surface area contributed by atoms with Gasteiger partial charge in [-0.15, -0.1) is 0 Å². The molecule has 102 valence electrons. The van der Waals surface area contributed by atoms with Gasteiger partial charge < -0.3 is 10.5 Å². The number of alkyl halides is 3. The highest BCUT2D eigenvalue weighted by Gasteiger charge is 2.27. The average Bonchev–Trinajstić information content (AvgIpc) is 2.26. The zero-order chi connectivity index (χ0) is 13.6. The van der Waals surface area contributed by atoms with E-state index in [-0.39, 0.29) is 24.9 Å². The summed E-state index contributed by atoms with van der Waals surface area (Å²) in [6.07, 6.45) is -3.94. The molecule has 2 N–H and O–H groups in total. The lowest BCUT2D eigenvalue weighted by Crippen LogP contribution is -2.26. The van der Waals surface area contributed by atoms with Gasteiger partial charge in [0.1, 0.15) is 12.4 Å². The molecule has 18 heavy (non-hydrogen) atoms. The first-order valence-electron chi connectivity index (χ1n) is 5.49. The molecular formula is C12H15F4NO. The molecule has 0 saturated heterocycles. The predicted molar refractivity (Wildman–Crippen MR) is 59.5 cm³/mol. The SMILES string of the molecule is NCC(COCC(F)(F)F)Cc1cccc(F)c1. The molecule has 1 atom stereocenters. The van der Waals surface area contributed by atoms with Crippen LogP contribution in [0.15, 0.2) is 24.3 Å². The van der Waals surface area contributed by atoms with E-state index in [0.29, 0.717) is 12.0 Å². The van der Waals surface area contributed by atoms with Gasteiger partial charge >= 0.3 is 6.18 Å². The fraction of sp³-hybridized carbons (Fsp3) is 0.500. The molecule has 1 aromatic rings. The smallest absolute Gasteiger partial charge is 0.372 e. The molecule has 1 rings (SSSR count). The van der Waals surface area contributed by atoms with Crippen molar-refractivity contribution in [1.29, 1.82) is 0 Å². The molecule has 6 heteroatoms. The van der Waals surface area contributed by atoms with E-state index < -0.39 is 12.8 Å². The highest BCUT2D eigenvalue weighted by atomic mass is 19.4. The summed E-state index contributed by atoms with van der Waals surface area (Å²) in [6.45, 7) is -1.19. The van der Waals surface area contributed by atoms with Crippen LogP contribution in [0.5, 0.6) is 0 Å². The normalized spacial score (nSPS) is 13.6. The highest BCUT2D eigenvalue weighted by molar-refractivity contribution is 5.16. The summed E-state index contributed by atoms with van der Waals surface area (Å²) in [7, 11) is 0. The van der Waals surface area contributed by atoms with Crippen LogP contribution in [0.3, 0.4) is 0 Å². The van der Waals surface area contributed by atoms with Gasteiger partial charge in [-0.05, 0) is 36.6 Å². The molecule has 0 aliphatic rings. The molecule has 0 radical (unpaired) electrons. The first kappa shape index (κ1) is 14.9. The van der Waals surface area contributed by atoms with Crippen LogP contribution in [0.4, 0.5) is 17.6 Å². The Balaban J connectivity index is 2.42. The summed E-state index contributed by atoms with van der Waals surface area (Å²) in [5, 5.41) is 0. The van der Waals surface area contributed by atoms with Crippen molar-refractivity contribution in [2.24, 2.45) is 11.7 Å². The molecule has 0 fully saturated rings. The van der Waals surface area contributed by atoms with Crippen molar-refractivity contribution < 1.29 is 22.3 Å². The van der Waals surface area contributed by atoms with Gasteiger partial charge in [-0.1, -0.05) is 12.1 Å². The second-order valence-electron chi connectivity index (χ2n) is 4.07. The quantitative estimate of drug-likeness (QED) is 0.802. The molecule has 1 unspecified atom stereocenters. The first-order valence-corrected chi connectivity index (χ1v) is 5.49. The van der Waals surface area contributed by atoms with Crippen LogP contribution < -0.4 is 5.73 Å². The predicted octanol–water partition coefficient (Wildman–Crippen LogP) is 2.52. The Morgan fingerprint density at radius 3 is 2.56 bits per heavy atom. The molecule has 0 aliphatic carbocycles. The summed E-state index contributed by atoms with van der Waals surface area (Å²) in [5.74, 6) is -0.631. The van der Waals surface area contributed by atoms with Crippen molar-refractivity contribution in [3.05, 3.63) is 35.6 Å². The maximum atomic E-state index is 12.9. The zero-order valence-corrected chi connectivity index (χ0v) is 9.71. The number of hydrogen-bond acceptors (Lipinski definition) is 2. The third kappa shape index (κ3) is 5.97. The molecule has 0 saturated carbocycles. The van der Waals surface area contributed by atoms with Gasteiger partial charge in [-0.2, -0.15) is 13.2 Å². The van der Waals surface area contributed by atoms with Crippen LogP contribution >= 0.6 is 0 Å². The van der Waals surface area contributed by atoms with E-state index in [0.717, 1.165) is 0 Å². The Kier molecular flexibility index (Phi) is 5.55. The molecule has 1 aromatic carbocycles. The van der Waals surface area contributed by atoms with E-state index >= 15 is 0 Å². The van der Waals surface area contributed by atoms with E-state index in [1.54, 1.807) is 12.1 Å². The molecule has 0 bridgehead atoms. The molecule has 2 nitrogen and oxygen atoms in total. The molecule has 0 aromatic heterocycles. The number of hydrogen-bond donors (Lipinski definition) is 1. The summed E-state index contributed by atoms with van der Waals surface area (Å²) < 4.78 is 53.1. The van der Waals surface area contributed by atoms with E-state index in [9.17, 15) is 17.6 Å². The van der Waals surface area contributed by atoms with Crippen LogP contribution in [0.1, 0.15) is 5.56 Å². The Morgan fingerprint density at radius 2 is 2.00 bits per heavy atom. The lowest BCUT2D eigenvalue weighted by atomic mass is 10.0. The van der Waals surface area contributed by atoms with Gasteiger partial charge in [-0.3, -0.25) is 0 Å². The maximum absolute atomic E-state index is 12.9. The van der Waals surface area contributed by atoms with E-state index in [2.05, 4.69) is 4.74 Å². The van der Waals surface area contributed by atoms with Gasteiger partial charge in [0.15, 0.2) is 0 Å². The fourth-order valence-corrected chi connectivity index (χ4v) is 1.55. The highest BCUT2D eigenvalue weighted by Crippen LogP contribution is 2.16. The van der Waals surface area contributed by atoms with Gasteiger partial charge in [-0.25, -0.2) is 4.39 Å². The Labute approximate surface area is 103 Å². The number of rotatable bonds is 6. The number of nitrogens with two attached hydrogens (primary N) is 1. The number of halogens is 4. The molecule has 0 aliphatic heterocycles. The van der Waals surface area contributed by atoms with Crippen LogP contribution in [-0.2, 0) is 11.2 Å². The summed E-state index contributed by atoms with van der Waals surface area (Å²) in [6, 6.07) is 5.90. The molecule has 0 amide bonds. The van der Waals surface area contributed by atoms with Gasteiger partial charge in [0.05, 0.1) is 6.61 Å². The summed E-state index contributed by atoms with van der Waals surface area (Å²) in [5.41, 5.74) is 6.15. The van der Waals surface area contributed by atoms with Crippen molar-refractivity contribution >= 4 is 0 Å². The maximum Gasteiger partial charge on any atom is 0.411 e. The average molecular weight is 265 g/mol. The van der Waals surface area contributed by atoms with Crippen LogP contribution in [0.2, 0.25) is 0 Å². The Bertz CT molecular complexity index is 367. The van der Waals surface area contributed by atoms with Crippen LogP contribution in [0.25, 0.3) is 0 Å². The number of benzene rings is 1. The third-order valence-electron chi connectivity index (χ3n) is 2.37. The van der Waals surface area contributed by atoms with E-state index in [1.165, 1.54) is 12.1 Å². The minimum Gasteiger partial charge on any atom is -0.372 e. The number of ether oxygens (including phenoxy) is 1. The molecular weight excluding hydrogens is 250 g/mol. The second kappa shape index (κ2) is 6.70. The Hall–Kier alpha value is -1.14. The van der Waals surface area contributed by atoms with Gasteiger partial charge in [0.2, 0.25) is 0 Å². The minimum atomic E-state index is -4.34. The molecule has 0 heterocycles. The summed E-state index contributed by atoms with van der Waals surface area (Å²) in [4.78, 5) is 0. The molecule has 0 spiro atoms. The Morgan fingerprint density at radius 1 is 1.28 bits per heavy atom. The van der Waals surface area contributed by atoms with E-state index in [4.69, 9.17) is 5.73 Å².